The van der Waals surface area contributed by atoms with Crippen LogP contribution in [0.5, 0.6) is 0 Å². The van der Waals surface area contributed by atoms with Crippen LogP contribution in [-0.4, -0.2) is 25.6 Å². The van der Waals surface area contributed by atoms with E-state index in [1.165, 1.54) is 35.6 Å². The van der Waals surface area contributed by atoms with Gasteiger partial charge in [-0.05, 0) is 31.2 Å². The van der Waals surface area contributed by atoms with Gasteiger partial charge in [0.1, 0.15) is 12.2 Å². The molecular weight excluding hydrogens is 442 g/mol. The fourth-order valence-corrected chi connectivity index (χ4v) is 4.02. The third-order valence-electron chi connectivity index (χ3n) is 4.38. The molecule has 1 N–H and O–H groups in total. The molecule has 0 spiro atoms. The standard InChI is InChI=1S/C20H14ClN5O4S/c1-11-22-18-19(31-11)17(12-2-4-13(21)5-3-12)24-25(20(18)28)10-16(27)23-14-6-8-15(9-7-14)26(29)30/h2-9H,10H2,1H3,(H,23,27). The van der Waals surface area contributed by atoms with Gasteiger partial charge in [-0.1, -0.05) is 23.7 Å². The first-order valence-corrected chi connectivity index (χ1v) is 10.2. The van der Waals surface area contributed by atoms with Crippen LogP contribution in [0, 0.1) is 17.0 Å². The highest BCUT2D eigenvalue weighted by Gasteiger charge is 2.18. The fourth-order valence-electron chi connectivity index (χ4n) is 2.97. The topological polar surface area (TPSA) is 120 Å². The molecule has 0 radical (unpaired) electrons. The number of carbonyl (C=O) groups excluding carboxylic acids is 1. The van der Waals surface area contributed by atoms with Gasteiger partial charge in [0.25, 0.3) is 11.2 Å². The number of thiazole rings is 1. The number of nitrogens with one attached hydrogen (secondary N) is 1. The smallest absolute Gasteiger partial charge is 0.294 e. The minimum Gasteiger partial charge on any atom is -0.324 e. The minimum atomic E-state index is -0.529. The predicted octanol–water partition coefficient (Wildman–Crippen LogP) is 4.03. The molecule has 0 fully saturated rings. The van der Waals surface area contributed by atoms with Gasteiger partial charge in [0.15, 0.2) is 5.52 Å². The quantitative estimate of drug-likeness (QED) is 0.358. The van der Waals surface area contributed by atoms with Crippen LogP contribution in [-0.2, 0) is 11.3 Å². The lowest BCUT2D eigenvalue weighted by Crippen LogP contribution is -2.30. The van der Waals surface area contributed by atoms with E-state index in [0.29, 0.717) is 26.1 Å². The van der Waals surface area contributed by atoms with Crippen molar-refractivity contribution in [2.45, 2.75) is 13.5 Å². The van der Waals surface area contributed by atoms with Gasteiger partial charge in [0, 0.05) is 28.4 Å². The SMILES string of the molecule is Cc1nc2c(=O)n(CC(=O)Nc3ccc([N+](=O)[O-])cc3)nc(-c3ccc(Cl)cc3)c2s1. The Labute approximate surface area is 184 Å². The number of non-ortho nitro benzene ring substituents is 1. The zero-order chi connectivity index (χ0) is 22.1. The average molecular weight is 456 g/mol. The highest BCUT2D eigenvalue weighted by atomic mass is 35.5. The summed E-state index contributed by atoms with van der Waals surface area (Å²) in [7, 11) is 0. The van der Waals surface area contributed by atoms with Crippen LogP contribution in [0.3, 0.4) is 0 Å². The minimum absolute atomic E-state index is 0.0900. The number of hydrogen-bond donors (Lipinski definition) is 1. The Balaban J connectivity index is 1.67. The third-order valence-corrected chi connectivity index (χ3v) is 5.61. The van der Waals surface area contributed by atoms with Crippen LogP contribution in [0.2, 0.25) is 5.02 Å². The molecule has 0 saturated heterocycles. The van der Waals surface area contributed by atoms with E-state index in [1.807, 2.05) is 0 Å². The monoisotopic (exact) mass is 455 g/mol. The van der Waals surface area contributed by atoms with E-state index in [9.17, 15) is 19.7 Å². The summed E-state index contributed by atoms with van der Waals surface area (Å²) < 4.78 is 1.70. The molecule has 2 heterocycles. The van der Waals surface area contributed by atoms with Crippen molar-refractivity contribution in [2.75, 3.05) is 5.32 Å². The Bertz CT molecular complexity index is 1360. The van der Waals surface area contributed by atoms with Crippen LogP contribution in [0.4, 0.5) is 11.4 Å². The number of nitrogens with zero attached hydrogens (tertiary/aromatic N) is 4. The molecule has 0 aliphatic rings. The summed E-state index contributed by atoms with van der Waals surface area (Å²) in [6.07, 6.45) is 0. The van der Waals surface area contributed by atoms with Crippen molar-refractivity contribution in [3.63, 3.8) is 0 Å². The molecule has 1 amide bonds. The zero-order valence-corrected chi connectivity index (χ0v) is 17.6. The molecule has 11 heteroatoms. The second-order valence-corrected chi connectivity index (χ2v) is 8.22. The number of nitro benzene ring substituents is 1. The first-order valence-electron chi connectivity index (χ1n) is 9.00. The van der Waals surface area contributed by atoms with Crippen molar-refractivity contribution in [1.82, 2.24) is 14.8 Å². The molecule has 9 nitrogen and oxygen atoms in total. The van der Waals surface area contributed by atoms with Gasteiger partial charge in [-0.15, -0.1) is 11.3 Å². The van der Waals surface area contributed by atoms with Gasteiger partial charge in [-0.2, -0.15) is 5.10 Å². The maximum Gasteiger partial charge on any atom is 0.294 e. The Morgan fingerprint density at radius 3 is 2.52 bits per heavy atom. The van der Waals surface area contributed by atoms with E-state index >= 15 is 0 Å². The number of benzene rings is 2. The van der Waals surface area contributed by atoms with Crippen molar-refractivity contribution in [3.05, 3.63) is 79.0 Å². The molecule has 0 aliphatic carbocycles. The van der Waals surface area contributed by atoms with E-state index in [-0.39, 0.29) is 17.7 Å². The summed E-state index contributed by atoms with van der Waals surface area (Å²) in [4.78, 5) is 39.9. The fraction of sp³-hybridized carbons (Fsp3) is 0.100. The highest BCUT2D eigenvalue weighted by Crippen LogP contribution is 2.30. The lowest BCUT2D eigenvalue weighted by atomic mass is 10.1. The summed E-state index contributed by atoms with van der Waals surface area (Å²) in [6, 6.07) is 12.4. The number of aryl methyl sites for hydroxylation is 1. The predicted molar refractivity (Wildman–Crippen MR) is 119 cm³/mol. The van der Waals surface area contributed by atoms with Crippen molar-refractivity contribution in [1.29, 1.82) is 0 Å². The number of fused-ring (bicyclic) bond motifs is 1. The van der Waals surface area contributed by atoms with E-state index in [2.05, 4.69) is 15.4 Å². The van der Waals surface area contributed by atoms with Crippen molar-refractivity contribution in [3.8, 4) is 11.3 Å². The van der Waals surface area contributed by atoms with Gasteiger partial charge in [0.05, 0.1) is 14.6 Å². The molecule has 156 valence electrons. The molecule has 0 unspecified atom stereocenters. The van der Waals surface area contributed by atoms with E-state index in [1.54, 1.807) is 31.2 Å². The van der Waals surface area contributed by atoms with Gasteiger partial charge in [-0.25, -0.2) is 9.67 Å². The number of anilines is 1. The molecule has 0 bridgehead atoms. The maximum atomic E-state index is 12.9. The first kappa shape index (κ1) is 20.6. The Kier molecular flexibility index (Phi) is 5.49. The van der Waals surface area contributed by atoms with Crippen LogP contribution >= 0.6 is 22.9 Å². The number of carbonyl (C=O) groups is 1. The lowest BCUT2D eigenvalue weighted by molar-refractivity contribution is -0.384. The van der Waals surface area contributed by atoms with Gasteiger partial charge >= 0.3 is 0 Å². The second kappa shape index (κ2) is 8.25. The Hall–Kier alpha value is -3.63. The molecule has 0 aliphatic heterocycles. The van der Waals surface area contributed by atoms with E-state index < -0.39 is 16.4 Å². The number of amides is 1. The molecule has 0 saturated carbocycles. The summed E-state index contributed by atoms with van der Waals surface area (Å²) in [5.74, 6) is -0.503. The summed E-state index contributed by atoms with van der Waals surface area (Å²) >= 11 is 7.33. The summed E-state index contributed by atoms with van der Waals surface area (Å²) in [6.45, 7) is 1.45. The Morgan fingerprint density at radius 1 is 1.19 bits per heavy atom. The van der Waals surface area contributed by atoms with Crippen molar-refractivity contribution >= 4 is 50.4 Å². The number of aromatic nitrogens is 3. The van der Waals surface area contributed by atoms with Gasteiger partial charge in [-0.3, -0.25) is 19.7 Å². The highest BCUT2D eigenvalue weighted by molar-refractivity contribution is 7.19. The molecule has 0 atom stereocenters. The molecule has 4 aromatic rings. The van der Waals surface area contributed by atoms with Gasteiger partial charge in [0.2, 0.25) is 5.91 Å². The maximum absolute atomic E-state index is 12.9. The molecule has 2 aromatic carbocycles. The van der Waals surface area contributed by atoms with Crippen LogP contribution in [0.15, 0.2) is 53.3 Å². The molecule has 4 rings (SSSR count). The largest absolute Gasteiger partial charge is 0.324 e. The Morgan fingerprint density at radius 2 is 1.87 bits per heavy atom. The number of halogens is 1. The number of hydrogen-bond acceptors (Lipinski definition) is 7. The average Bonchev–Trinajstić information content (AvgIpc) is 3.13. The number of nitro groups is 1. The number of rotatable bonds is 5. The van der Waals surface area contributed by atoms with E-state index in [4.69, 9.17) is 11.6 Å². The van der Waals surface area contributed by atoms with Crippen molar-refractivity contribution in [2.24, 2.45) is 0 Å². The molecular formula is C20H14ClN5O4S. The molecule has 2 aromatic heterocycles. The summed E-state index contributed by atoms with van der Waals surface area (Å²) in [5.41, 5.74) is 1.31. The third kappa shape index (κ3) is 4.30. The van der Waals surface area contributed by atoms with Crippen LogP contribution in [0.25, 0.3) is 21.5 Å². The first-order chi connectivity index (χ1) is 14.8. The van der Waals surface area contributed by atoms with Crippen molar-refractivity contribution < 1.29 is 9.72 Å². The van der Waals surface area contributed by atoms with Crippen LogP contribution < -0.4 is 10.9 Å². The zero-order valence-electron chi connectivity index (χ0n) is 16.0. The van der Waals surface area contributed by atoms with Crippen LogP contribution in [0.1, 0.15) is 5.01 Å². The summed E-state index contributed by atoms with van der Waals surface area (Å²) in [5, 5.41) is 19.0. The second-order valence-electron chi connectivity index (χ2n) is 6.58. The van der Waals surface area contributed by atoms with Gasteiger partial charge < -0.3 is 5.32 Å². The van der Waals surface area contributed by atoms with E-state index in [0.717, 1.165) is 10.2 Å². The molecule has 31 heavy (non-hydrogen) atoms. The lowest BCUT2D eigenvalue weighted by Gasteiger charge is -2.09. The normalized spacial score (nSPS) is 10.9.